The summed E-state index contributed by atoms with van der Waals surface area (Å²) >= 11 is 3.84. The van der Waals surface area contributed by atoms with Gasteiger partial charge in [0.15, 0.2) is 1.55 Å². The predicted octanol–water partition coefficient (Wildman–Crippen LogP) is 3.08. The second-order valence-corrected chi connectivity index (χ2v) is 18.2. The number of ether oxygens (including phenoxy) is 2. The lowest BCUT2D eigenvalue weighted by molar-refractivity contribution is -0.213. The minimum Gasteiger partial charge on any atom is -0.376 e. The van der Waals surface area contributed by atoms with Crippen LogP contribution in [0.2, 0.25) is 0 Å². The van der Waals surface area contributed by atoms with Crippen LogP contribution in [0.15, 0.2) is 0 Å². The van der Waals surface area contributed by atoms with E-state index in [0.29, 0.717) is 54.9 Å². The summed E-state index contributed by atoms with van der Waals surface area (Å²) in [6, 6.07) is 0.157. The molecule has 0 aliphatic heterocycles. The summed E-state index contributed by atoms with van der Waals surface area (Å²) in [6.45, 7) is 3.31. The summed E-state index contributed by atoms with van der Waals surface area (Å²) in [6.07, 6.45) is 9.24. The average molecular weight is 739 g/mol. The number of ketones is 1. The Bertz CT molecular complexity index is 974. The molecule has 6 aliphatic rings. The minimum atomic E-state index is -0.947. The molecule has 2 bridgehead atoms. The van der Waals surface area contributed by atoms with E-state index < -0.39 is 1.55 Å². The number of amides is 2. The summed E-state index contributed by atoms with van der Waals surface area (Å²) < 4.78 is 11.9. The maximum atomic E-state index is 13.1. The van der Waals surface area contributed by atoms with E-state index in [4.69, 9.17) is 15.2 Å². The quantitative estimate of drug-likeness (QED) is 0.137. The summed E-state index contributed by atoms with van der Waals surface area (Å²) in [5.41, 5.74) is 5.71. The fraction of sp³-hybridized carbons (Fsp3) is 0.889. The van der Waals surface area contributed by atoms with Crippen molar-refractivity contribution in [3.05, 3.63) is 0 Å². The zero-order valence-corrected chi connectivity index (χ0v) is 25.8. The molecule has 2 amide bonds. The van der Waals surface area contributed by atoms with E-state index in [-0.39, 0.29) is 47.5 Å². The van der Waals surface area contributed by atoms with E-state index in [0.717, 1.165) is 51.4 Å². The maximum absolute atomic E-state index is 13.1. The number of alkyl halides is 2. The molecule has 37 heavy (non-hydrogen) atoms. The highest BCUT2D eigenvalue weighted by molar-refractivity contribution is 14.2. The van der Waals surface area contributed by atoms with Gasteiger partial charge >= 0.3 is 0 Å². The Morgan fingerprint density at radius 3 is 2.70 bits per heavy atom. The van der Waals surface area contributed by atoms with Crippen molar-refractivity contribution in [2.75, 3.05) is 19.8 Å². The standard InChI is InChI=1S/C27H39I2N3O5/c1-2-14-9-25-12-17(36-4-3-31-24(35)27(28,29)30)7-16(25)11-26(25,10-14)37-13-22(34)32-23-15-5-18-19(6-15)21(33)8-20(18)23/h14-20,23H,2-13,30H2,1H3,(H,31,35)(H,32,34). The molecule has 8 nitrogen and oxygen atoms in total. The van der Waals surface area contributed by atoms with Gasteiger partial charge in [-0.1, -0.05) is 13.3 Å². The first-order chi connectivity index (χ1) is 17.5. The molecule has 4 N–H and O–H groups in total. The molecular formula is C27H39I2N3O5. The number of halogens is 2. The largest absolute Gasteiger partial charge is 0.376 e. The smallest absolute Gasteiger partial charge is 0.260 e. The normalized spacial score (nSPS) is 45.0. The third-order valence-electron chi connectivity index (χ3n) is 11.1. The van der Waals surface area contributed by atoms with Gasteiger partial charge in [0.2, 0.25) is 5.91 Å². The number of carbonyl (C=O) groups excluding carboxylic acids is 3. The number of rotatable bonds is 10. The molecule has 6 rings (SSSR count). The van der Waals surface area contributed by atoms with Gasteiger partial charge in [-0.3, -0.25) is 14.4 Å². The van der Waals surface area contributed by atoms with Crippen LogP contribution in [0.4, 0.5) is 0 Å². The van der Waals surface area contributed by atoms with Gasteiger partial charge in [-0.05, 0) is 120 Å². The monoisotopic (exact) mass is 739 g/mol. The second kappa shape index (κ2) is 9.80. The Morgan fingerprint density at radius 1 is 1.14 bits per heavy atom. The summed E-state index contributed by atoms with van der Waals surface area (Å²) in [5, 5.41) is 6.14. The predicted molar refractivity (Wildman–Crippen MR) is 154 cm³/mol. The molecule has 6 fully saturated rings. The Labute approximate surface area is 246 Å². The van der Waals surface area contributed by atoms with Crippen LogP contribution in [0.5, 0.6) is 0 Å². The van der Waals surface area contributed by atoms with Gasteiger partial charge in [-0.25, -0.2) is 0 Å². The van der Waals surface area contributed by atoms with Crippen LogP contribution < -0.4 is 16.4 Å². The molecular weight excluding hydrogens is 700 g/mol. The van der Waals surface area contributed by atoms with Gasteiger partial charge in [0, 0.05) is 30.3 Å². The third kappa shape index (κ3) is 4.50. The molecule has 206 valence electrons. The minimum absolute atomic E-state index is 0.00980. The molecule has 1 spiro atoms. The topological polar surface area (TPSA) is 120 Å². The van der Waals surface area contributed by atoms with Crippen LogP contribution in [0, 0.1) is 40.9 Å². The number of hydrogen-bond acceptors (Lipinski definition) is 6. The first kappa shape index (κ1) is 27.1. The molecule has 0 radical (unpaired) electrons. The van der Waals surface area contributed by atoms with Crippen molar-refractivity contribution in [3.63, 3.8) is 0 Å². The van der Waals surface area contributed by atoms with Crippen molar-refractivity contribution in [1.29, 1.82) is 0 Å². The fourth-order valence-corrected chi connectivity index (χ4v) is 10.0. The lowest BCUT2D eigenvalue weighted by Crippen LogP contribution is -2.60. The summed E-state index contributed by atoms with van der Waals surface area (Å²) in [5.74, 6) is 3.02. The number of carbonyl (C=O) groups is 3. The first-order valence-electron chi connectivity index (χ1n) is 14.1. The van der Waals surface area contributed by atoms with Crippen molar-refractivity contribution in [2.45, 2.75) is 84.0 Å². The SMILES string of the molecule is CCC1CC2(OCC(=O)NC3C4CC5C(=O)CC3C5C4)CC3CC(OCCNC(=O)C(N)(I)I)CC32C1. The van der Waals surface area contributed by atoms with Crippen LogP contribution in [0.25, 0.3) is 0 Å². The molecule has 6 saturated carbocycles. The van der Waals surface area contributed by atoms with Gasteiger partial charge in [0.05, 0.1) is 18.3 Å². The molecule has 10 heteroatoms. The average Bonchev–Trinajstić information content (AvgIpc) is 3.58. The van der Waals surface area contributed by atoms with Crippen molar-refractivity contribution in [3.8, 4) is 0 Å². The summed E-state index contributed by atoms with van der Waals surface area (Å²) in [7, 11) is 0. The molecule has 0 aromatic carbocycles. The Kier molecular flexibility index (Phi) is 7.19. The van der Waals surface area contributed by atoms with E-state index in [1.165, 1.54) is 0 Å². The van der Waals surface area contributed by atoms with Gasteiger partial charge in [-0.15, -0.1) is 0 Å². The number of Topliss-reactive ketones (excluding diaryl/α,β-unsaturated/α-hetero) is 1. The lowest BCUT2D eigenvalue weighted by Gasteiger charge is -2.58. The van der Waals surface area contributed by atoms with E-state index >= 15 is 0 Å². The van der Waals surface area contributed by atoms with Crippen molar-refractivity contribution >= 4 is 62.8 Å². The molecule has 0 heterocycles. The van der Waals surface area contributed by atoms with E-state index in [2.05, 4.69) is 17.6 Å². The molecule has 10 atom stereocenters. The molecule has 10 unspecified atom stereocenters. The highest BCUT2D eigenvalue weighted by Crippen LogP contribution is 2.73. The van der Waals surface area contributed by atoms with Crippen LogP contribution in [0.1, 0.15) is 64.7 Å². The molecule has 6 aliphatic carbocycles. The van der Waals surface area contributed by atoms with E-state index in [1.807, 2.05) is 45.2 Å². The Morgan fingerprint density at radius 2 is 1.95 bits per heavy atom. The zero-order chi connectivity index (χ0) is 26.2. The molecule has 0 saturated heterocycles. The lowest BCUT2D eigenvalue weighted by atomic mass is 9.53. The van der Waals surface area contributed by atoms with Crippen LogP contribution in [0.3, 0.4) is 0 Å². The van der Waals surface area contributed by atoms with Crippen LogP contribution in [-0.4, -0.2) is 56.7 Å². The number of hydrogen-bond donors (Lipinski definition) is 3. The second-order valence-electron chi connectivity index (χ2n) is 12.8. The highest BCUT2D eigenvalue weighted by Gasteiger charge is 2.73. The van der Waals surface area contributed by atoms with Crippen LogP contribution >= 0.6 is 45.2 Å². The Hall–Kier alpha value is -0.0500. The highest BCUT2D eigenvalue weighted by atomic mass is 127. The van der Waals surface area contributed by atoms with Gasteiger partial charge in [0.25, 0.3) is 5.91 Å². The van der Waals surface area contributed by atoms with Crippen molar-refractivity contribution < 1.29 is 23.9 Å². The van der Waals surface area contributed by atoms with Crippen molar-refractivity contribution in [1.82, 2.24) is 10.6 Å². The first-order valence-corrected chi connectivity index (χ1v) is 16.2. The fourth-order valence-electron chi connectivity index (χ4n) is 9.65. The van der Waals surface area contributed by atoms with Gasteiger partial charge < -0.3 is 25.8 Å². The number of nitrogens with two attached hydrogens (primary N) is 1. The summed E-state index contributed by atoms with van der Waals surface area (Å²) in [4.78, 5) is 37.3. The maximum Gasteiger partial charge on any atom is 0.260 e. The van der Waals surface area contributed by atoms with Gasteiger partial charge in [-0.2, -0.15) is 0 Å². The van der Waals surface area contributed by atoms with Gasteiger partial charge in [0.1, 0.15) is 12.4 Å². The molecule has 0 aromatic heterocycles. The van der Waals surface area contributed by atoms with E-state index in [9.17, 15) is 14.4 Å². The van der Waals surface area contributed by atoms with Crippen molar-refractivity contribution in [2.24, 2.45) is 46.7 Å². The third-order valence-corrected chi connectivity index (χ3v) is 12.1. The number of fused-ring (bicyclic) bond motifs is 1. The molecule has 0 aromatic rings. The zero-order valence-electron chi connectivity index (χ0n) is 21.5. The van der Waals surface area contributed by atoms with E-state index in [1.54, 1.807) is 0 Å². The van der Waals surface area contributed by atoms with Crippen LogP contribution in [-0.2, 0) is 23.9 Å². The Balaban J connectivity index is 1.03. The number of nitrogens with one attached hydrogen (secondary N) is 2.